The van der Waals surface area contributed by atoms with E-state index in [1.54, 1.807) is 0 Å². The molecule has 2 N–H and O–H groups in total. The third-order valence-corrected chi connectivity index (χ3v) is 4.62. The minimum Gasteiger partial charge on any atom is -0.329 e. The topological polar surface area (TPSA) is 47.1 Å². The van der Waals surface area contributed by atoms with E-state index in [0.717, 1.165) is 31.2 Å². The first kappa shape index (κ1) is 14.5. The Morgan fingerprint density at radius 3 is 2.89 bits per heavy atom. The molecule has 4 heteroatoms. The van der Waals surface area contributed by atoms with Crippen molar-refractivity contribution in [3.63, 3.8) is 0 Å². The Morgan fingerprint density at radius 1 is 1.58 bits per heavy atom. The Morgan fingerprint density at radius 2 is 2.37 bits per heavy atom. The van der Waals surface area contributed by atoms with Crippen molar-refractivity contribution in [3.05, 3.63) is 18.0 Å². The Hall–Kier alpha value is -0.870. The molecule has 2 rings (SSSR count). The van der Waals surface area contributed by atoms with E-state index in [-0.39, 0.29) is 5.54 Å². The number of hydrogen-bond acceptors (Lipinski definition) is 3. The van der Waals surface area contributed by atoms with Gasteiger partial charge in [-0.3, -0.25) is 9.58 Å². The lowest BCUT2D eigenvalue weighted by molar-refractivity contribution is 0.0356. The standard InChI is InChI=1S/C15H28N4/c1-4-19(11-14-7-9-18(3)17-14)15(12-16)8-5-6-13(2)10-15/h7,9,13H,4-6,8,10-12,16H2,1-3H3. The average molecular weight is 264 g/mol. The van der Waals surface area contributed by atoms with E-state index in [1.165, 1.54) is 25.7 Å². The molecule has 0 saturated heterocycles. The van der Waals surface area contributed by atoms with Gasteiger partial charge in [-0.15, -0.1) is 0 Å². The summed E-state index contributed by atoms with van der Waals surface area (Å²) in [6.07, 6.45) is 7.13. The molecule has 4 nitrogen and oxygen atoms in total. The van der Waals surface area contributed by atoms with Gasteiger partial charge in [0.05, 0.1) is 5.69 Å². The maximum Gasteiger partial charge on any atom is 0.0764 e. The van der Waals surface area contributed by atoms with Crippen molar-refractivity contribution >= 4 is 0 Å². The quantitative estimate of drug-likeness (QED) is 0.886. The summed E-state index contributed by atoms with van der Waals surface area (Å²) in [4.78, 5) is 2.55. The molecule has 1 fully saturated rings. The molecule has 1 aromatic heterocycles. The van der Waals surface area contributed by atoms with Gasteiger partial charge in [-0.2, -0.15) is 5.10 Å². The second-order valence-electron chi connectivity index (χ2n) is 6.12. The molecule has 0 spiro atoms. The summed E-state index contributed by atoms with van der Waals surface area (Å²) in [5.74, 6) is 0.787. The maximum atomic E-state index is 6.17. The SMILES string of the molecule is CCN(Cc1ccn(C)n1)C1(CN)CCCC(C)C1. The van der Waals surface area contributed by atoms with Crippen molar-refractivity contribution in [1.82, 2.24) is 14.7 Å². The molecule has 1 saturated carbocycles. The summed E-state index contributed by atoms with van der Waals surface area (Å²) in [6, 6.07) is 2.11. The van der Waals surface area contributed by atoms with Crippen molar-refractivity contribution in [2.45, 2.75) is 51.6 Å². The molecule has 1 aliphatic rings. The van der Waals surface area contributed by atoms with Crippen molar-refractivity contribution in [2.24, 2.45) is 18.7 Å². The van der Waals surface area contributed by atoms with Gasteiger partial charge >= 0.3 is 0 Å². The first-order chi connectivity index (χ1) is 9.09. The van der Waals surface area contributed by atoms with Crippen LogP contribution in [0.15, 0.2) is 12.3 Å². The molecule has 2 atom stereocenters. The molecule has 0 bridgehead atoms. The van der Waals surface area contributed by atoms with Gasteiger partial charge in [-0.25, -0.2) is 0 Å². The molecule has 1 heterocycles. The summed E-state index contributed by atoms with van der Waals surface area (Å²) in [7, 11) is 1.97. The number of nitrogens with zero attached hydrogens (tertiary/aromatic N) is 3. The number of rotatable bonds is 5. The van der Waals surface area contributed by atoms with Crippen LogP contribution in [0.25, 0.3) is 0 Å². The van der Waals surface area contributed by atoms with Crippen LogP contribution in [0.5, 0.6) is 0 Å². The van der Waals surface area contributed by atoms with Crippen LogP contribution in [-0.2, 0) is 13.6 Å². The highest BCUT2D eigenvalue weighted by molar-refractivity contribution is 5.03. The highest BCUT2D eigenvalue weighted by Gasteiger charge is 2.38. The van der Waals surface area contributed by atoms with E-state index >= 15 is 0 Å². The molecule has 0 aromatic carbocycles. The van der Waals surface area contributed by atoms with Crippen LogP contribution in [0.3, 0.4) is 0 Å². The first-order valence-corrected chi connectivity index (χ1v) is 7.53. The summed E-state index contributed by atoms with van der Waals surface area (Å²) in [5.41, 5.74) is 7.50. The number of nitrogens with two attached hydrogens (primary N) is 1. The average Bonchev–Trinajstić information content (AvgIpc) is 2.81. The van der Waals surface area contributed by atoms with E-state index in [1.807, 2.05) is 17.9 Å². The second kappa shape index (κ2) is 6.06. The fourth-order valence-electron chi connectivity index (χ4n) is 3.59. The minimum absolute atomic E-state index is 0.184. The first-order valence-electron chi connectivity index (χ1n) is 7.53. The van der Waals surface area contributed by atoms with Crippen molar-refractivity contribution in [3.8, 4) is 0 Å². The lowest BCUT2D eigenvalue weighted by Gasteiger charge is -2.47. The summed E-state index contributed by atoms with van der Waals surface area (Å²) in [6.45, 7) is 7.32. The fourth-order valence-corrected chi connectivity index (χ4v) is 3.59. The van der Waals surface area contributed by atoms with Gasteiger partial charge in [0.1, 0.15) is 0 Å². The van der Waals surface area contributed by atoms with Crippen LogP contribution in [0, 0.1) is 5.92 Å². The zero-order chi connectivity index (χ0) is 13.9. The lowest BCUT2D eigenvalue weighted by atomic mass is 9.75. The predicted molar refractivity (Wildman–Crippen MR) is 78.7 cm³/mol. The largest absolute Gasteiger partial charge is 0.329 e. The Labute approximate surface area is 117 Å². The smallest absolute Gasteiger partial charge is 0.0764 e. The van der Waals surface area contributed by atoms with Gasteiger partial charge in [0.25, 0.3) is 0 Å². The molecule has 1 aromatic rings. The van der Waals surface area contributed by atoms with Gasteiger partial charge in [0.15, 0.2) is 0 Å². The van der Waals surface area contributed by atoms with E-state index in [0.29, 0.717) is 0 Å². The molecule has 0 radical (unpaired) electrons. The van der Waals surface area contributed by atoms with E-state index in [2.05, 4.69) is 29.9 Å². The molecule has 108 valence electrons. The van der Waals surface area contributed by atoms with Crippen molar-refractivity contribution in [1.29, 1.82) is 0 Å². The van der Waals surface area contributed by atoms with E-state index in [9.17, 15) is 0 Å². The summed E-state index contributed by atoms with van der Waals surface area (Å²) >= 11 is 0. The summed E-state index contributed by atoms with van der Waals surface area (Å²) < 4.78 is 1.88. The normalized spacial score (nSPS) is 27.9. The van der Waals surface area contributed by atoms with Gasteiger partial charge in [0.2, 0.25) is 0 Å². The molecule has 0 amide bonds. The zero-order valence-electron chi connectivity index (χ0n) is 12.6. The van der Waals surface area contributed by atoms with Crippen molar-refractivity contribution in [2.75, 3.05) is 13.1 Å². The van der Waals surface area contributed by atoms with Crippen LogP contribution >= 0.6 is 0 Å². The third kappa shape index (κ3) is 3.18. The predicted octanol–water partition coefficient (Wildman–Crippen LogP) is 2.15. The van der Waals surface area contributed by atoms with Crippen LogP contribution < -0.4 is 5.73 Å². The monoisotopic (exact) mass is 264 g/mol. The highest BCUT2D eigenvalue weighted by atomic mass is 15.3. The molecular formula is C15H28N4. The number of aryl methyl sites for hydroxylation is 1. The third-order valence-electron chi connectivity index (χ3n) is 4.62. The Balaban J connectivity index is 2.13. The Kier molecular flexibility index (Phi) is 4.63. The number of aromatic nitrogens is 2. The number of likely N-dealkylation sites (N-methyl/N-ethyl adjacent to an activating group) is 1. The van der Waals surface area contributed by atoms with Gasteiger partial charge in [-0.1, -0.05) is 26.7 Å². The van der Waals surface area contributed by atoms with Crippen LogP contribution in [-0.4, -0.2) is 33.3 Å². The Bertz CT molecular complexity index is 401. The lowest BCUT2D eigenvalue weighted by Crippen LogP contribution is -2.55. The van der Waals surface area contributed by atoms with Gasteiger partial charge in [-0.05, 0) is 31.4 Å². The molecule has 2 unspecified atom stereocenters. The molecule has 19 heavy (non-hydrogen) atoms. The van der Waals surface area contributed by atoms with Crippen molar-refractivity contribution < 1.29 is 0 Å². The minimum atomic E-state index is 0.184. The fraction of sp³-hybridized carbons (Fsp3) is 0.800. The van der Waals surface area contributed by atoms with Crippen LogP contribution in [0.1, 0.15) is 45.2 Å². The second-order valence-corrected chi connectivity index (χ2v) is 6.12. The van der Waals surface area contributed by atoms with Gasteiger partial charge in [0, 0.05) is 31.9 Å². The zero-order valence-corrected chi connectivity index (χ0v) is 12.6. The highest BCUT2D eigenvalue weighted by Crippen LogP contribution is 2.36. The molecule has 1 aliphatic carbocycles. The molecular weight excluding hydrogens is 236 g/mol. The summed E-state index contributed by atoms with van der Waals surface area (Å²) in [5, 5.41) is 4.51. The van der Waals surface area contributed by atoms with Crippen LogP contribution in [0.4, 0.5) is 0 Å². The number of hydrogen-bond donors (Lipinski definition) is 1. The van der Waals surface area contributed by atoms with Crippen LogP contribution in [0.2, 0.25) is 0 Å². The maximum absolute atomic E-state index is 6.17. The molecule has 0 aliphatic heterocycles. The van der Waals surface area contributed by atoms with E-state index in [4.69, 9.17) is 5.73 Å². The van der Waals surface area contributed by atoms with E-state index < -0.39 is 0 Å². The van der Waals surface area contributed by atoms with Gasteiger partial charge < -0.3 is 5.73 Å².